The van der Waals surface area contributed by atoms with Crippen LogP contribution in [0.4, 0.5) is 0 Å². The highest BCUT2D eigenvalue weighted by Gasteiger charge is 2.37. The van der Waals surface area contributed by atoms with E-state index in [1.807, 2.05) is 0 Å². The quantitative estimate of drug-likeness (QED) is 0.699. The van der Waals surface area contributed by atoms with Crippen LogP contribution in [0.1, 0.15) is 27.7 Å². The third kappa shape index (κ3) is 3.18. The van der Waals surface area contributed by atoms with Gasteiger partial charge in [0.2, 0.25) is 0 Å². The van der Waals surface area contributed by atoms with Crippen LogP contribution in [-0.2, 0) is 9.53 Å². The average molecular weight is 214 g/mol. The van der Waals surface area contributed by atoms with Gasteiger partial charge in [-0.1, -0.05) is 13.8 Å². The molecule has 1 heterocycles. The first-order valence-electron chi connectivity index (χ1n) is 5.38. The summed E-state index contributed by atoms with van der Waals surface area (Å²) in [4.78, 5) is 13.4. The monoisotopic (exact) mass is 214 g/mol. The van der Waals surface area contributed by atoms with Gasteiger partial charge in [-0.25, -0.2) is 0 Å². The van der Waals surface area contributed by atoms with E-state index in [0.29, 0.717) is 19.7 Å². The van der Waals surface area contributed by atoms with Gasteiger partial charge in [0.1, 0.15) is 6.61 Å². The van der Waals surface area contributed by atoms with E-state index in [9.17, 15) is 4.79 Å². The molecule has 0 aromatic rings. The van der Waals surface area contributed by atoms with Crippen LogP contribution < -0.4 is 5.73 Å². The van der Waals surface area contributed by atoms with E-state index in [1.54, 1.807) is 0 Å². The maximum Gasteiger partial charge on any atom is 0.320 e. The highest BCUT2D eigenvalue weighted by molar-refractivity contribution is 5.72. The number of carbonyl (C=O) groups excluding carboxylic acids is 1. The summed E-state index contributed by atoms with van der Waals surface area (Å²) in [5.41, 5.74) is 5.66. The van der Waals surface area contributed by atoms with E-state index < -0.39 is 0 Å². The second kappa shape index (κ2) is 4.10. The van der Waals surface area contributed by atoms with Gasteiger partial charge in [0.15, 0.2) is 0 Å². The Morgan fingerprint density at radius 1 is 1.53 bits per heavy atom. The molecule has 0 unspecified atom stereocenters. The Bertz CT molecular complexity index is 249. The Hall–Kier alpha value is -0.610. The molecule has 0 spiro atoms. The second-order valence-electron chi connectivity index (χ2n) is 5.70. The highest BCUT2D eigenvalue weighted by Crippen LogP contribution is 2.24. The van der Waals surface area contributed by atoms with Gasteiger partial charge >= 0.3 is 5.97 Å². The maximum atomic E-state index is 11.2. The van der Waals surface area contributed by atoms with Gasteiger partial charge in [0.25, 0.3) is 0 Å². The van der Waals surface area contributed by atoms with Gasteiger partial charge in [-0.05, 0) is 25.8 Å². The molecule has 0 aromatic heterocycles. The lowest BCUT2D eigenvalue weighted by molar-refractivity contribution is -0.161. The summed E-state index contributed by atoms with van der Waals surface area (Å²) >= 11 is 0. The fourth-order valence-corrected chi connectivity index (χ4v) is 1.62. The van der Waals surface area contributed by atoms with Crippen molar-refractivity contribution in [2.45, 2.75) is 33.2 Å². The number of nitrogens with two attached hydrogens (primary N) is 1. The van der Waals surface area contributed by atoms with Crippen LogP contribution in [0, 0.1) is 5.41 Å². The summed E-state index contributed by atoms with van der Waals surface area (Å²) in [6.07, 6.45) is 0. The van der Waals surface area contributed by atoms with Gasteiger partial charge in [0.05, 0.1) is 12.1 Å². The van der Waals surface area contributed by atoms with E-state index in [-0.39, 0.29) is 16.9 Å². The predicted molar refractivity (Wildman–Crippen MR) is 59.4 cm³/mol. The summed E-state index contributed by atoms with van der Waals surface area (Å²) in [5, 5.41) is 0. The zero-order valence-electron chi connectivity index (χ0n) is 10.2. The standard InChI is InChI=1S/C11H22N2O2/c1-10(2,6-12)7-13-5-9(14)15-8-11(13,3)4/h5-8,12H2,1-4H3. The van der Waals surface area contributed by atoms with Crippen LogP contribution in [0.15, 0.2) is 0 Å². The minimum absolute atomic E-state index is 0.0366. The number of rotatable bonds is 3. The summed E-state index contributed by atoms with van der Waals surface area (Å²) in [5.74, 6) is -0.137. The molecule has 1 aliphatic rings. The first-order valence-corrected chi connectivity index (χ1v) is 5.38. The molecular weight excluding hydrogens is 192 g/mol. The number of hydrogen-bond acceptors (Lipinski definition) is 4. The van der Waals surface area contributed by atoms with Crippen LogP contribution in [0.2, 0.25) is 0 Å². The zero-order chi connectivity index (χ0) is 11.7. The first-order chi connectivity index (χ1) is 6.77. The average Bonchev–Trinajstić information content (AvgIpc) is 2.12. The number of esters is 1. The number of hydrogen-bond donors (Lipinski definition) is 1. The maximum absolute atomic E-state index is 11.2. The normalized spacial score (nSPS) is 22.6. The lowest BCUT2D eigenvalue weighted by Crippen LogP contribution is -2.57. The minimum Gasteiger partial charge on any atom is -0.463 e. The highest BCUT2D eigenvalue weighted by atomic mass is 16.5. The van der Waals surface area contributed by atoms with E-state index in [4.69, 9.17) is 10.5 Å². The summed E-state index contributed by atoms with van der Waals surface area (Å²) in [6, 6.07) is 0. The Labute approximate surface area is 91.8 Å². The summed E-state index contributed by atoms with van der Waals surface area (Å²) < 4.78 is 5.06. The van der Waals surface area contributed by atoms with Crippen molar-refractivity contribution in [1.29, 1.82) is 0 Å². The van der Waals surface area contributed by atoms with Crippen LogP contribution in [0.5, 0.6) is 0 Å². The fraction of sp³-hybridized carbons (Fsp3) is 0.909. The SMILES string of the molecule is CC(C)(CN)CN1CC(=O)OCC1(C)C. The molecule has 0 saturated carbocycles. The van der Waals surface area contributed by atoms with E-state index in [2.05, 4.69) is 32.6 Å². The largest absolute Gasteiger partial charge is 0.463 e. The van der Waals surface area contributed by atoms with Crippen molar-refractivity contribution in [3.05, 3.63) is 0 Å². The summed E-state index contributed by atoms with van der Waals surface area (Å²) in [7, 11) is 0. The molecule has 0 aliphatic carbocycles. The van der Waals surface area contributed by atoms with Gasteiger partial charge in [-0.2, -0.15) is 0 Å². The molecule has 1 saturated heterocycles. The molecule has 0 atom stereocenters. The van der Waals surface area contributed by atoms with Gasteiger partial charge in [-0.3, -0.25) is 9.69 Å². The fourth-order valence-electron chi connectivity index (χ4n) is 1.62. The smallest absolute Gasteiger partial charge is 0.320 e. The van der Waals surface area contributed by atoms with Crippen LogP contribution >= 0.6 is 0 Å². The van der Waals surface area contributed by atoms with Crippen LogP contribution in [0.3, 0.4) is 0 Å². The van der Waals surface area contributed by atoms with Gasteiger partial charge < -0.3 is 10.5 Å². The van der Waals surface area contributed by atoms with Gasteiger partial charge in [0, 0.05) is 6.54 Å². The molecule has 0 bridgehead atoms. The van der Waals surface area contributed by atoms with Crippen molar-refractivity contribution in [1.82, 2.24) is 4.90 Å². The van der Waals surface area contributed by atoms with E-state index in [1.165, 1.54) is 0 Å². The zero-order valence-corrected chi connectivity index (χ0v) is 10.2. The van der Waals surface area contributed by atoms with Crippen molar-refractivity contribution in [2.24, 2.45) is 11.1 Å². The molecule has 0 amide bonds. The number of morpholine rings is 1. The molecule has 1 fully saturated rings. The lowest BCUT2D eigenvalue weighted by Gasteiger charge is -2.44. The number of nitrogens with zero attached hydrogens (tertiary/aromatic N) is 1. The Balaban J connectivity index is 2.69. The second-order valence-corrected chi connectivity index (χ2v) is 5.70. The number of ether oxygens (including phenoxy) is 1. The van der Waals surface area contributed by atoms with Crippen molar-refractivity contribution in [2.75, 3.05) is 26.2 Å². The number of cyclic esters (lactones) is 1. The van der Waals surface area contributed by atoms with Crippen molar-refractivity contribution in [3.63, 3.8) is 0 Å². The van der Waals surface area contributed by atoms with Crippen LogP contribution in [-0.4, -0.2) is 42.6 Å². The minimum atomic E-state index is -0.137. The van der Waals surface area contributed by atoms with Crippen LogP contribution in [0.25, 0.3) is 0 Å². The van der Waals surface area contributed by atoms with E-state index in [0.717, 1.165) is 6.54 Å². The van der Waals surface area contributed by atoms with E-state index >= 15 is 0 Å². The molecule has 1 rings (SSSR count). The number of carbonyl (C=O) groups is 1. The van der Waals surface area contributed by atoms with Crippen molar-refractivity contribution < 1.29 is 9.53 Å². The third-order valence-corrected chi connectivity index (χ3v) is 2.93. The third-order valence-electron chi connectivity index (χ3n) is 2.93. The Morgan fingerprint density at radius 3 is 2.67 bits per heavy atom. The van der Waals surface area contributed by atoms with Crippen molar-refractivity contribution in [3.8, 4) is 0 Å². The molecule has 4 nitrogen and oxygen atoms in total. The molecule has 0 radical (unpaired) electrons. The molecule has 1 aliphatic heterocycles. The molecule has 88 valence electrons. The summed E-state index contributed by atoms with van der Waals surface area (Å²) in [6.45, 7) is 10.7. The molecule has 0 aromatic carbocycles. The van der Waals surface area contributed by atoms with Crippen molar-refractivity contribution >= 4 is 5.97 Å². The van der Waals surface area contributed by atoms with Gasteiger partial charge in [-0.15, -0.1) is 0 Å². The Kier molecular flexibility index (Phi) is 3.41. The molecular formula is C11H22N2O2. The molecule has 2 N–H and O–H groups in total. The Morgan fingerprint density at radius 2 is 2.13 bits per heavy atom. The predicted octanol–water partition coefficient (Wildman–Crippen LogP) is 0.609. The molecule has 4 heteroatoms. The lowest BCUT2D eigenvalue weighted by atomic mass is 9.90. The molecule has 15 heavy (non-hydrogen) atoms. The topological polar surface area (TPSA) is 55.6 Å². The first kappa shape index (κ1) is 12.5.